The Labute approximate surface area is 184 Å². The number of nitrogens with one attached hydrogen (secondary N) is 4. The first-order valence-corrected chi connectivity index (χ1v) is 10.6. The lowest BCUT2D eigenvalue weighted by Crippen LogP contribution is -2.52. The summed E-state index contributed by atoms with van der Waals surface area (Å²) in [5, 5.41) is 11.3. The molecule has 0 heterocycles. The first-order chi connectivity index (χ1) is 14.8. The molecule has 0 aliphatic rings. The monoisotopic (exact) mass is 424 g/mol. The van der Waals surface area contributed by atoms with E-state index in [0.29, 0.717) is 18.7 Å². The van der Waals surface area contributed by atoms with Crippen LogP contribution in [0.3, 0.4) is 0 Å². The maximum absolute atomic E-state index is 12.8. The molecular weight excluding hydrogens is 392 g/mol. The number of hydrogen-bond donors (Lipinski definition) is 4. The zero-order valence-corrected chi connectivity index (χ0v) is 18.6. The zero-order valence-electron chi connectivity index (χ0n) is 18.6. The summed E-state index contributed by atoms with van der Waals surface area (Å²) in [6.45, 7) is 7.83. The van der Waals surface area contributed by atoms with E-state index in [0.717, 1.165) is 11.1 Å². The molecule has 2 rings (SSSR count). The number of amides is 4. The second kappa shape index (κ2) is 11.7. The number of hydrogen-bond acceptors (Lipinski definition) is 3. The number of rotatable bonds is 9. The molecule has 166 valence electrons. The zero-order chi connectivity index (χ0) is 22.8. The van der Waals surface area contributed by atoms with Crippen molar-refractivity contribution in [2.45, 2.75) is 52.7 Å². The van der Waals surface area contributed by atoms with Crippen LogP contribution in [0, 0.1) is 5.92 Å². The van der Waals surface area contributed by atoms with Gasteiger partial charge in [-0.1, -0.05) is 63.2 Å². The standard InChI is InChI=1S/C24H32N4O3/c1-5-21(29)27-20-13-11-19(12-14-20)17(4)26-23(30)22(16(2)3)28-24(31)25-15-18-9-7-6-8-10-18/h6-14,16-17,22H,5,15H2,1-4H3,(H,26,30)(H,27,29)(H2,25,28,31). The van der Waals surface area contributed by atoms with E-state index in [4.69, 9.17) is 0 Å². The van der Waals surface area contributed by atoms with Gasteiger partial charge in [0.25, 0.3) is 0 Å². The molecule has 2 aromatic rings. The Balaban J connectivity index is 1.91. The molecule has 0 radical (unpaired) electrons. The van der Waals surface area contributed by atoms with Crippen LogP contribution in [0.2, 0.25) is 0 Å². The van der Waals surface area contributed by atoms with Gasteiger partial charge >= 0.3 is 6.03 Å². The summed E-state index contributed by atoms with van der Waals surface area (Å²) in [6, 6.07) is 15.6. The van der Waals surface area contributed by atoms with E-state index in [-0.39, 0.29) is 29.8 Å². The number of urea groups is 1. The summed E-state index contributed by atoms with van der Waals surface area (Å²) < 4.78 is 0. The molecule has 0 fully saturated rings. The van der Waals surface area contributed by atoms with Crippen LogP contribution in [0.1, 0.15) is 51.3 Å². The maximum atomic E-state index is 12.8. The molecular formula is C24H32N4O3. The number of carbonyl (C=O) groups is 3. The first kappa shape index (κ1) is 23.9. The fourth-order valence-electron chi connectivity index (χ4n) is 3.00. The Kier molecular flexibility index (Phi) is 9.06. The molecule has 2 aromatic carbocycles. The van der Waals surface area contributed by atoms with Crippen LogP contribution in [-0.2, 0) is 16.1 Å². The summed E-state index contributed by atoms with van der Waals surface area (Å²) in [7, 11) is 0. The average molecular weight is 425 g/mol. The Hall–Kier alpha value is -3.35. The molecule has 4 N–H and O–H groups in total. The van der Waals surface area contributed by atoms with Crippen molar-refractivity contribution in [2.24, 2.45) is 5.92 Å². The van der Waals surface area contributed by atoms with Gasteiger partial charge in [0.05, 0.1) is 6.04 Å². The quantitative estimate of drug-likeness (QED) is 0.493. The lowest BCUT2D eigenvalue weighted by molar-refractivity contribution is -0.124. The fourth-order valence-corrected chi connectivity index (χ4v) is 3.00. The second-order valence-corrected chi connectivity index (χ2v) is 7.79. The predicted octanol–water partition coefficient (Wildman–Crippen LogP) is 3.74. The lowest BCUT2D eigenvalue weighted by atomic mass is 10.0. The number of benzene rings is 2. The van der Waals surface area contributed by atoms with Gasteiger partial charge in [-0.05, 0) is 36.1 Å². The predicted molar refractivity (Wildman–Crippen MR) is 122 cm³/mol. The highest BCUT2D eigenvalue weighted by Gasteiger charge is 2.25. The van der Waals surface area contributed by atoms with Crippen molar-refractivity contribution in [1.82, 2.24) is 16.0 Å². The van der Waals surface area contributed by atoms with Crippen molar-refractivity contribution in [1.29, 1.82) is 0 Å². The molecule has 0 aliphatic heterocycles. The molecule has 31 heavy (non-hydrogen) atoms. The van der Waals surface area contributed by atoms with Gasteiger partial charge in [-0.2, -0.15) is 0 Å². The molecule has 0 spiro atoms. The normalized spacial score (nSPS) is 12.5. The van der Waals surface area contributed by atoms with E-state index in [9.17, 15) is 14.4 Å². The summed E-state index contributed by atoms with van der Waals surface area (Å²) >= 11 is 0. The lowest BCUT2D eigenvalue weighted by Gasteiger charge is -2.24. The molecule has 7 heteroatoms. The molecule has 7 nitrogen and oxygen atoms in total. The van der Waals surface area contributed by atoms with Gasteiger partial charge in [-0.25, -0.2) is 4.79 Å². The summed E-state index contributed by atoms with van der Waals surface area (Å²) in [5.41, 5.74) is 2.60. The van der Waals surface area contributed by atoms with Gasteiger partial charge in [0, 0.05) is 18.7 Å². The van der Waals surface area contributed by atoms with Crippen LogP contribution in [0.5, 0.6) is 0 Å². The molecule has 4 amide bonds. The van der Waals surface area contributed by atoms with Crippen molar-refractivity contribution in [3.05, 3.63) is 65.7 Å². The van der Waals surface area contributed by atoms with Gasteiger partial charge < -0.3 is 21.3 Å². The van der Waals surface area contributed by atoms with E-state index in [1.807, 2.05) is 63.2 Å². The van der Waals surface area contributed by atoms with Crippen molar-refractivity contribution < 1.29 is 14.4 Å². The van der Waals surface area contributed by atoms with E-state index >= 15 is 0 Å². The largest absolute Gasteiger partial charge is 0.348 e. The molecule has 2 unspecified atom stereocenters. The van der Waals surface area contributed by atoms with Crippen LogP contribution in [0.4, 0.5) is 10.5 Å². The van der Waals surface area contributed by atoms with Crippen LogP contribution in [0.15, 0.2) is 54.6 Å². The van der Waals surface area contributed by atoms with E-state index in [1.165, 1.54) is 0 Å². The third kappa shape index (κ3) is 7.77. The van der Waals surface area contributed by atoms with Crippen molar-refractivity contribution in [3.8, 4) is 0 Å². The van der Waals surface area contributed by atoms with Crippen molar-refractivity contribution >= 4 is 23.5 Å². The van der Waals surface area contributed by atoms with Crippen LogP contribution < -0.4 is 21.3 Å². The smallest absolute Gasteiger partial charge is 0.315 e. The van der Waals surface area contributed by atoms with Gasteiger partial charge in [0.15, 0.2) is 0 Å². The first-order valence-electron chi connectivity index (χ1n) is 10.6. The van der Waals surface area contributed by atoms with Crippen molar-refractivity contribution in [3.63, 3.8) is 0 Å². The fraction of sp³-hybridized carbons (Fsp3) is 0.375. The molecule has 0 aromatic heterocycles. The third-order valence-electron chi connectivity index (χ3n) is 4.91. The van der Waals surface area contributed by atoms with Gasteiger partial charge in [0.2, 0.25) is 11.8 Å². The Morgan fingerprint density at radius 2 is 1.52 bits per heavy atom. The number of carbonyl (C=O) groups excluding carboxylic acids is 3. The van der Waals surface area contributed by atoms with Crippen molar-refractivity contribution in [2.75, 3.05) is 5.32 Å². The van der Waals surface area contributed by atoms with Crippen LogP contribution in [-0.4, -0.2) is 23.9 Å². The van der Waals surface area contributed by atoms with E-state index < -0.39 is 6.04 Å². The Morgan fingerprint density at radius 1 is 0.871 bits per heavy atom. The highest BCUT2D eigenvalue weighted by Crippen LogP contribution is 2.17. The number of anilines is 1. The molecule has 0 aliphatic carbocycles. The minimum atomic E-state index is -0.665. The SMILES string of the molecule is CCC(=O)Nc1ccc(C(C)NC(=O)C(NC(=O)NCc2ccccc2)C(C)C)cc1. The highest BCUT2D eigenvalue weighted by molar-refractivity contribution is 5.90. The van der Waals surface area contributed by atoms with Gasteiger partial charge in [-0.15, -0.1) is 0 Å². The van der Waals surface area contributed by atoms with Gasteiger partial charge in [0.1, 0.15) is 6.04 Å². The van der Waals surface area contributed by atoms with Gasteiger partial charge in [-0.3, -0.25) is 9.59 Å². The minimum absolute atomic E-state index is 0.0505. The summed E-state index contributed by atoms with van der Waals surface area (Å²) in [6.07, 6.45) is 0.413. The highest BCUT2D eigenvalue weighted by atomic mass is 16.2. The summed E-state index contributed by atoms with van der Waals surface area (Å²) in [4.78, 5) is 36.6. The van der Waals surface area contributed by atoms with E-state index in [2.05, 4.69) is 21.3 Å². The topological polar surface area (TPSA) is 99.3 Å². The minimum Gasteiger partial charge on any atom is -0.348 e. The molecule has 0 bridgehead atoms. The Bertz CT molecular complexity index is 866. The van der Waals surface area contributed by atoms with Crippen LogP contribution >= 0.6 is 0 Å². The second-order valence-electron chi connectivity index (χ2n) is 7.79. The summed E-state index contributed by atoms with van der Waals surface area (Å²) in [5.74, 6) is -0.382. The molecule has 0 saturated heterocycles. The maximum Gasteiger partial charge on any atom is 0.315 e. The molecule has 2 atom stereocenters. The average Bonchev–Trinajstić information content (AvgIpc) is 2.76. The Morgan fingerprint density at radius 3 is 2.10 bits per heavy atom. The molecule has 0 saturated carbocycles. The van der Waals surface area contributed by atoms with E-state index in [1.54, 1.807) is 19.1 Å². The van der Waals surface area contributed by atoms with Crippen LogP contribution in [0.25, 0.3) is 0 Å². The third-order valence-corrected chi connectivity index (χ3v) is 4.91.